The lowest BCUT2D eigenvalue weighted by Crippen LogP contribution is -2.16. The Bertz CT molecular complexity index is 738. The number of H-pyrrole nitrogens is 1. The second kappa shape index (κ2) is 5.06. The number of halogens is 4. The molecule has 1 aliphatic rings. The Kier molecular flexibility index (Phi) is 3.48. The Hall–Kier alpha value is -1.48. The Morgan fingerprint density at radius 3 is 2.71 bits per heavy atom. The van der Waals surface area contributed by atoms with E-state index in [1.165, 1.54) is 4.57 Å². The average molecular weight is 337 g/mol. The van der Waals surface area contributed by atoms with Crippen molar-refractivity contribution in [1.29, 1.82) is 0 Å². The van der Waals surface area contributed by atoms with Crippen LogP contribution in [0.25, 0.3) is 0 Å². The summed E-state index contributed by atoms with van der Waals surface area (Å²) in [5.74, 6) is 0. The summed E-state index contributed by atoms with van der Waals surface area (Å²) < 4.78 is 39.6. The van der Waals surface area contributed by atoms with Crippen LogP contribution in [0.3, 0.4) is 0 Å². The van der Waals surface area contributed by atoms with Crippen molar-refractivity contribution in [3.05, 3.63) is 33.3 Å². The molecular weight excluding hydrogens is 329 g/mol. The number of aromatic amines is 1. The van der Waals surface area contributed by atoms with Crippen molar-refractivity contribution in [1.82, 2.24) is 19.7 Å². The summed E-state index contributed by atoms with van der Waals surface area (Å²) in [6, 6.07) is 1.69. The zero-order valence-electron chi connectivity index (χ0n) is 10.3. The lowest BCUT2D eigenvalue weighted by atomic mass is 10.3. The van der Waals surface area contributed by atoms with Crippen LogP contribution in [0.15, 0.2) is 27.1 Å². The van der Waals surface area contributed by atoms with Crippen LogP contribution in [0.1, 0.15) is 24.4 Å². The standard InChI is InChI=1S/C11H8ClF3N4OS/c12-7-3-5(11(13,14)15)4-8(16-7)21-10-18-17-9(20)19(10)6-1-2-6/h3-4,6H,1-2H2,(H,17,20). The van der Waals surface area contributed by atoms with Crippen molar-refractivity contribution >= 4 is 23.4 Å². The van der Waals surface area contributed by atoms with Crippen LogP contribution in [0.5, 0.6) is 0 Å². The van der Waals surface area contributed by atoms with Crippen molar-refractivity contribution in [2.75, 3.05) is 0 Å². The van der Waals surface area contributed by atoms with Crippen molar-refractivity contribution in [3.8, 4) is 0 Å². The van der Waals surface area contributed by atoms with Crippen LogP contribution in [0.2, 0.25) is 5.15 Å². The number of nitrogens with zero attached hydrogens (tertiary/aromatic N) is 3. The molecule has 1 saturated carbocycles. The highest BCUT2D eigenvalue weighted by molar-refractivity contribution is 7.99. The van der Waals surface area contributed by atoms with Gasteiger partial charge < -0.3 is 0 Å². The first-order valence-corrected chi connectivity index (χ1v) is 7.13. The van der Waals surface area contributed by atoms with E-state index in [4.69, 9.17) is 11.6 Å². The fraction of sp³-hybridized carbons (Fsp3) is 0.364. The molecule has 10 heteroatoms. The van der Waals surface area contributed by atoms with E-state index in [9.17, 15) is 18.0 Å². The number of rotatable bonds is 3. The van der Waals surface area contributed by atoms with Gasteiger partial charge in [0.15, 0.2) is 5.16 Å². The molecule has 2 aromatic rings. The topological polar surface area (TPSA) is 63.6 Å². The molecule has 0 spiro atoms. The van der Waals surface area contributed by atoms with E-state index in [0.717, 1.165) is 36.7 Å². The molecule has 1 aliphatic carbocycles. The molecule has 0 atom stereocenters. The maximum Gasteiger partial charge on any atom is 0.416 e. The third-order valence-corrected chi connectivity index (χ3v) is 3.96. The van der Waals surface area contributed by atoms with E-state index >= 15 is 0 Å². The summed E-state index contributed by atoms with van der Waals surface area (Å²) in [7, 11) is 0. The largest absolute Gasteiger partial charge is 0.416 e. The predicted molar refractivity (Wildman–Crippen MR) is 69.5 cm³/mol. The molecule has 112 valence electrons. The molecule has 0 unspecified atom stereocenters. The van der Waals surface area contributed by atoms with Gasteiger partial charge in [-0.1, -0.05) is 11.6 Å². The van der Waals surface area contributed by atoms with Gasteiger partial charge >= 0.3 is 11.9 Å². The summed E-state index contributed by atoms with van der Waals surface area (Å²) in [5.41, 5.74) is -1.26. The SMILES string of the molecule is O=c1[nH]nc(Sc2cc(C(F)(F)F)cc(Cl)n2)n1C1CC1. The minimum Gasteiger partial charge on any atom is -0.267 e. The summed E-state index contributed by atoms with van der Waals surface area (Å²) in [5, 5.41) is 6.17. The van der Waals surface area contributed by atoms with Crippen LogP contribution < -0.4 is 5.69 Å². The van der Waals surface area contributed by atoms with Crippen molar-refractivity contribution in [2.24, 2.45) is 0 Å². The van der Waals surface area contributed by atoms with Gasteiger partial charge in [-0.3, -0.25) is 4.57 Å². The van der Waals surface area contributed by atoms with Gasteiger partial charge in [0, 0.05) is 6.04 Å². The van der Waals surface area contributed by atoms with Gasteiger partial charge in [-0.25, -0.2) is 14.9 Å². The Balaban J connectivity index is 1.95. The first kappa shape index (κ1) is 14.5. The molecule has 0 aliphatic heterocycles. The molecule has 0 radical (unpaired) electrons. The van der Waals surface area contributed by atoms with Crippen molar-refractivity contribution < 1.29 is 13.2 Å². The first-order valence-electron chi connectivity index (χ1n) is 5.94. The molecule has 0 amide bonds. The highest BCUT2D eigenvalue weighted by Gasteiger charge is 2.32. The maximum atomic E-state index is 12.7. The maximum absolute atomic E-state index is 12.7. The van der Waals surface area contributed by atoms with Crippen LogP contribution in [-0.2, 0) is 6.18 Å². The van der Waals surface area contributed by atoms with Crippen LogP contribution in [-0.4, -0.2) is 19.7 Å². The second-order valence-corrected chi connectivity index (χ2v) is 5.90. The predicted octanol–water partition coefficient (Wildman–Crippen LogP) is 3.12. The lowest BCUT2D eigenvalue weighted by molar-refractivity contribution is -0.137. The first-order chi connectivity index (χ1) is 9.84. The number of hydrogen-bond donors (Lipinski definition) is 1. The van der Waals surface area contributed by atoms with Gasteiger partial charge in [0.2, 0.25) is 0 Å². The fourth-order valence-electron chi connectivity index (χ4n) is 1.80. The van der Waals surface area contributed by atoms with E-state index in [0.29, 0.717) is 0 Å². The minimum absolute atomic E-state index is 0.0377. The summed E-state index contributed by atoms with van der Waals surface area (Å²) in [6.45, 7) is 0. The van der Waals surface area contributed by atoms with E-state index in [1.54, 1.807) is 0 Å². The third-order valence-electron chi connectivity index (χ3n) is 2.88. The highest BCUT2D eigenvalue weighted by atomic mass is 35.5. The molecule has 0 bridgehead atoms. The van der Waals surface area contributed by atoms with Gasteiger partial charge in [-0.2, -0.15) is 13.2 Å². The lowest BCUT2D eigenvalue weighted by Gasteiger charge is -2.09. The molecule has 3 rings (SSSR count). The molecule has 1 N–H and O–H groups in total. The third kappa shape index (κ3) is 3.08. The van der Waals surface area contributed by atoms with Crippen LogP contribution in [0.4, 0.5) is 13.2 Å². The van der Waals surface area contributed by atoms with Crippen LogP contribution >= 0.6 is 23.4 Å². The Morgan fingerprint density at radius 1 is 1.38 bits per heavy atom. The molecule has 5 nitrogen and oxygen atoms in total. The van der Waals surface area contributed by atoms with Crippen LogP contribution in [0, 0.1) is 0 Å². The van der Waals surface area contributed by atoms with Crippen molar-refractivity contribution in [3.63, 3.8) is 0 Å². The quantitative estimate of drug-likeness (QED) is 0.875. The summed E-state index contributed by atoms with van der Waals surface area (Å²) >= 11 is 6.49. The normalized spacial score (nSPS) is 15.4. The number of hydrogen-bond acceptors (Lipinski definition) is 4. The molecular formula is C11H8ClF3N4OS. The molecule has 0 aromatic carbocycles. The number of nitrogens with one attached hydrogen (secondary N) is 1. The number of alkyl halides is 3. The molecule has 21 heavy (non-hydrogen) atoms. The molecule has 1 fully saturated rings. The smallest absolute Gasteiger partial charge is 0.267 e. The van der Waals surface area contributed by atoms with E-state index in [2.05, 4.69) is 15.2 Å². The zero-order valence-corrected chi connectivity index (χ0v) is 11.9. The van der Waals surface area contributed by atoms with Gasteiger partial charge in [-0.05, 0) is 36.7 Å². The van der Waals surface area contributed by atoms with E-state index in [-0.39, 0.29) is 27.1 Å². The number of aromatic nitrogens is 4. The van der Waals surface area contributed by atoms with Gasteiger partial charge in [-0.15, -0.1) is 5.10 Å². The highest BCUT2D eigenvalue weighted by Crippen LogP contribution is 2.38. The monoisotopic (exact) mass is 336 g/mol. The molecule has 0 saturated heterocycles. The van der Waals surface area contributed by atoms with Crippen molar-refractivity contribution in [2.45, 2.75) is 35.2 Å². The number of pyridine rings is 1. The minimum atomic E-state index is -4.51. The van der Waals surface area contributed by atoms with E-state index in [1.807, 2.05) is 0 Å². The van der Waals surface area contributed by atoms with Gasteiger partial charge in [0.05, 0.1) is 5.56 Å². The summed E-state index contributed by atoms with van der Waals surface area (Å²) in [4.78, 5) is 15.4. The van der Waals surface area contributed by atoms with Gasteiger partial charge in [0.1, 0.15) is 10.2 Å². The second-order valence-electron chi connectivity index (χ2n) is 4.53. The Labute approximate surface area is 125 Å². The molecule has 2 heterocycles. The summed E-state index contributed by atoms with van der Waals surface area (Å²) in [6.07, 6.45) is -2.81. The van der Waals surface area contributed by atoms with E-state index < -0.39 is 11.7 Å². The molecule has 2 aromatic heterocycles. The Morgan fingerprint density at radius 2 is 2.10 bits per heavy atom. The zero-order chi connectivity index (χ0) is 15.2. The average Bonchev–Trinajstić information content (AvgIpc) is 3.13. The fourth-order valence-corrected chi connectivity index (χ4v) is 3.00. The van der Waals surface area contributed by atoms with Gasteiger partial charge in [0.25, 0.3) is 0 Å².